The maximum atomic E-state index is 12.1. The molecule has 0 saturated carbocycles. The van der Waals surface area contributed by atoms with Crippen LogP contribution in [0.1, 0.15) is 31.9 Å². The third-order valence-corrected chi connectivity index (χ3v) is 3.09. The summed E-state index contributed by atoms with van der Waals surface area (Å²) in [6.07, 6.45) is 0. The molecular formula is C16H26N2O2. The molecule has 0 spiro atoms. The fourth-order valence-electron chi connectivity index (χ4n) is 2.09. The van der Waals surface area contributed by atoms with Crippen LogP contribution >= 0.6 is 0 Å². The predicted octanol–water partition coefficient (Wildman–Crippen LogP) is 2.33. The van der Waals surface area contributed by atoms with Gasteiger partial charge in [-0.05, 0) is 51.4 Å². The Hall–Kier alpha value is -1.39. The number of carbonyl (C=O) groups excluding carboxylic acids is 1. The molecule has 4 heteroatoms. The number of hydrogen-bond donors (Lipinski definition) is 2. The Morgan fingerprint density at radius 2 is 2.00 bits per heavy atom. The van der Waals surface area contributed by atoms with Gasteiger partial charge in [0.1, 0.15) is 0 Å². The molecule has 0 atom stereocenters. The molecule has 0 radical (unpaired) electrons. The fraction of sp³-hybridized carbons (Fsp3) is 0.562. The molecule has 1 aromatic carbocycles. The van der Waals surface area contributed by atoms with E-state index in [-0.39, 0.29) is 12.5 Å². The molecule has 20 heavy (non-hydrogen) atoms. The van der Waals surface area contributed by atoms with Crippen molar-refractivity contribution < 1.29 is 9.90 Å². The SMILES string of the molecule is CCN(CC(=O)Nc1cc(C)ccc1C)CC(C)(C)O. The standard InChI is InChI=1S/C16H26N2O2/c1-6-18(11-16(4,5)20)10-15(19)17-14-9-12(2)7-8-13(14)3/h7-9,20H,6,10-11H2,1-5H3,(H,17,19). The first-order valence-electron chi connectivity index (χ1n) is 7.03. The lowest BCUT2D eigenvalue weighted by Gasteiger charge is -2.27. The first-order valence-corrected chi connectivity index (χ1v) is 7.03. The predicted molar refractivity (Wildman–Crippen MR) is 83.0 cm³/mol. The van der Waals surface area contributed by atoms with E-state index in [0.29, 0.717) is 6.54 Å². The number of aliphatic hydroxyl groups is 1. The summed E-state index contributed by atoms with van der Waals surface area (Å²) in [5, 5.41) is 12.8. The van der Waals surface area contributed by atoms with Crippen molar-refractivity contribution in [1.82, 2.24) is 4.90 Å². The molecule has 0 aliphatic heterocycles. The Balaban J connectivity index is 2.64. The topological polar surface area (TPSA) is 52.6 Å². The molecule has 0 aliphatic rings. The zero-order valence-electron chi connectivity index (χ0n) is 13.2. The van der Waals surface area contributed by atoms with E-state index >= 15 is 0 Å². The smallest absolute Gasteiger partial charge is 0.238 e. The van der Waals surface area contributed by atoms with Gasteiger partial charge in [-0.2, -0.15) is 0 Å². The summed E-state index contributed by atoms with van der Waals surface area (Å²) >= 11 is 0. The lowest BCUT2D eigenvalue weighted by Crippen LogP contribution is -2.42. The first-order chi connectivity index (χ1) is 9.21. The van der Waals surface area contributed by atoms with Crippen molar-refractivity contribution >= 4 is 11.6 Å². The quantitative estimate of drug-likeness (QED) is 0.839. The minimum absolute atomic E-state index is 0.0511. The van der Waals surface area contributed by atoms with Gasteiger partial charge in [-0.3, -0.25) is 9.69 Å². The monoisotopic (exact) mass is 278 g/mol. The van der Waals surface area contributed by atoms with Crippen LogP contribution in [0.15, 0.2) is 18.2 Å². The number of nitrogens with one attached hydrogen (secondary N) is 1. The van der Waals surface area contributed by atoms with Crippen molar-refractivity contribution in [1.29, 1.82) is 0 Å². The number of likely N-dealkylation sites (N-methyl/N-ethyl adjacent to an activating group) is 1. The van der Waals surface area contributed by atoms with Gasteiger partial charge < -0.3 is 10.4 Å². The number of carbonyl (C=O) groups is 1. The molecule has 1 amide bonds. The minimum Gasteiger partial charge on any atom is -0.389 e. The summed E-state index contributed by atoms with van der Waals surface area (Å²) in [7, 11) is 0. The van der Waals surface area contributed by atoms with E-state index in [2.05, 4.69) is 5.32 Å². The number of aryl methyl sites for hydroxylation is 2. The third kappa shape index (κ3) is 5.72. The van der Waals surface area contributed by atoms with Crippen molar-refractivity contribution in [3.63, 3.8) is 0 Å². The number of hydrogen-bond acceptors (Lipinski definition) is 3. The van der Waals surface area contributed by atoms with E-state index in [9.17, 15) is 9.90 Å². The van der Waals surface area contributed by atoms with E-state index in [1.165, 1.54) is 0 Å². The molecule has 0 aliphatic carbocycles. The van der Waals surface area contributed by atoms with Gasteiger partial charge >= 0.3 is 0 Å². The van der Waals surface area contributed by atoms with Gasteiger partial charge in [0.15, 0.2) is 0 Å². The summed E-state index contributed by atoms with van der Waals surface area (Å²) in [6, 6.07) is 6.00. The van der Waals surface area contributed by atoms with Gasteiger partial charge in [0.2, 0.25) is 5.91 Å². The van der Waals surface area contributed by atoms with E-state index in [4.69, 9.17) is 0 Å². The van der Waals surface area contributed by atoms with Crippen LogP contribution in [-0.4, -0.2) is 41.1 Å². The summed E-state index contributed by atoms with van der Waals surface area (Å²) in [6.45, 7) is 10.9. The van der Waals surface area contributed by atoms with Crippen molar-refractivity contribution in [2.45, 2.75) is 40.2 Å². The Kier molecular flexibility index (Phi) is 5.72. The highest BCUT2D eigenvalue weighted by atomic mass is 16.3. The molecule has 0 heterocycles. The molecule has 0 unspecified atom stereocenters. The van der Waals surface area contributed by atoms with Crippen molar-refractivity contribution in [3.05, 3.63) is 29.3 Å². The van der Waals surface area contributed by atoms with E-state index in [0.717, 1.165) is 23.4 Å². The Morgan fingerprint density at radius 1 is 1.35 bits per heavy atom. The number of amides is 1. The first kappa shape index (κ1) is 16.7. The Morgan fingerprint density at radius 3 is 2.55 bits per heavy atom. The molecular weight excluding hydrogens is 252 g/mol. The average molecular weight is 278 g/mol. The maximum absolute atomic E-state index is 12.1. The third-order valence-electron chi connectivity index (χ3n) is 3.09. The van der Waals surface area contributed by atoms with Gasteiger partial charge in [0.05, 0.1) is 12.1 Å². The van der Waals surface area contributed by atoms with Gasteiger partial charge in [0, 0.05) is 12.2 Å². The van der Waals surface area contributed by atoms with E-state index in [1.807, 2.05) is 43.9 Å². The summed E-state index contributed by atoms with van der Waals surface area (Å²) < 4.78 is 0. The highest BCUT2D eigenvalue weighted by Gasteiger charge is 2.19. The van der Waals surface area contributed by atoms with Crippen LogP contribution in [0.5, 0.6) is 0 Å². The van der Waals surface area contributed by atoms with Crippen LogP contribution < -0.4 is 5.32 Å². The fourth-order valence-corrected chi connectivity index (χ4v) is 2.09. The van der Waals surface area contributed by atoms with Crippen molar-refractivity contribution in [2.24, 2.45) is 0 Å². The molecule has 1 rings (SSSR count). The van der Waals surface area contributed by atoms with Gasteiger partial charge in [-0.1, -0.05) is 19.1 Å². The zero-order chi connectivity index (χ0) is 15.3. The van der Waals surface area contributed by atoms with Gasteiger partial charge in [-0.15, -0.1) is 0 Å². The maximum Gasteiger partial charge on any atom is 0.238 e. The van der Waals surface area contributed by atoms with Gasteiger partial charge in [-0.25, -0.2) is 0 Å². The largest absolute Gasteiger partial charge is 0.389 e. The number of anilines is 1. The second-order valence-corrected chi connectivity index (χ2v) is 5.98. The highest BCUT2D eigenvalue weighted by Crippen LogP contribution is 2.16. The normalized spacial score (nSPS) is 11.8. The minimum atomic E-state index is -0.796. The second kappa shape index (κ2) is 6.86. The molecule has 0 aromatic heterocycles. The van der Waals surface area contributed by atoms with Gasteiger partial charge in [0.25, 0.3) is 0 Å². The summed E-state index contributed by atoms with van der Waals surface area (Å²) in [4.78, 5) is 14.0. The highest BCUT2D eigenvalue weighted by molar-refractivity contribution is 5.93. The van der Waals surface area contributed by atoms with Crippen LogP contribution in [0.3, 0.4) is 0 Å². The number of rotatable bonds is 6. The van der Waals surface area contributed by atoms with Crippen LogP contribution in [0.4, 0.5) is 5.69 Å². The van der Waals surface area contributed by atoms with Crippen molar-refractivity contribution in [2.75, 3.05) is 25.0 Å². The number of nitrogens with zero attached hydrogens (tertiary/aromatic N) is 1. The van der Waals surface area contributed by atoms with E-state index in [1.54, 1.807) is 13.8 Å². The molecule has 0 bridgehead atoms. The average Bonchev–Trinajstić information content (AvgIpc) is 2.31. The lowest BCUT2D eigenvalue weighted by atomic mass is 10.1. The molecule has 0 fully saturated rings. The van der Waals surface area contributed by atoms with E-state index < -0.39 is 5.60 Å². The molecule has 112 valence electrons. The Bertz CT molecular complexity index is 464. The summed E-state index contributed by atoms with van der Waals surface area (Å²) in [5.41, 5.74) is 2.23. The number of benzene rings is 1. The van der Waals surface area contributed by atoms with Crippen LogP contribution in [0.25, 0.3) is 0 Å². The molecule has 4 nitrogen and oxygen atoms in total. The Labute approximate surface area is 121 Å². The van der Waals surface area contributed by atoms with Crippen molar-refractivity contribution in [3.8, 4) is 0 Å². The summed E-state index contributed by atoms with van der Waals surface area (Å²) in [5.74, 6) is -0.0511. The second-order valence-electron chi connectivity index (χ2n) is 5.98. The van der Waals surface area contributed by atoms with Crippen LogP contribution in [-0.2, 0) is 4.79 Å². The van der Waals surface area contributed by atoms with Crippen LogP contribution in [0.2, 0.25) is 0 Å². The zero-order valence-corrected chi connectivity index (χ0v) is 13.2. The molecule has 2 N–H and O–H groups in total. The molecule has 1 aromatic rings. The van der Waals surface area contributed by atoms with Crippen LogP contribution in [0, 0.1) is 13.8 Å². The lowest BCUT2D eigenvalue weighted by molar-refractivity contribution is -0.117. The molecule has 0 saturated heterocycles.